The quantitative estimate of drug-likeness (QED) is 0.306. The average molecular weight is 397 g/mol. The molecule has 0 bridgehead atoms. The summed E-state index contributed by atoms with van der Waals surface area (Å²) in [4.78, 5) is 52.0. The fourth-order valence-electron chi connectivity index (χ4n) is 3.94. The number of ether oxygens (including phenoxy) is 1. The van der Waals surface area contributed by atoms with Crippen LogP contribution in [0.4, 0.5) is 0 Å². The highest BCUT2D eigenvalue weighted by Crippen LogP contribution is 2.37. The number of aryl methyl sites for hydroxylation is 1. The molecule has 0 N–H and O–H groups in total. The van der Waals surface area contributed by atoms with Gasteiger partial charge in [-0.05, 0) is 32.1 Å². The van der Waals surface area contributed by atoms with Crippen molar-refractivity contribution in [1.82, 2.24) is 4.90 Å². The van der Waals surface area contributed by atoms with Crippen molar-refractivity contribution >= 4 is 23.6 Å². The summed E-state index contributed by atoms with van der Waals surface area (Å²) in [6, 6.07) is 6.00. The zero-order chi connectivity index (χ0) is 21.1. The van der Waals surface area contributed by atoms with Gasteiger partial charge in [0.1, 0.15) is 6.04 Å². The molecule has 1 saturated heterocycles. The van der Waals surface area contributed by atoms with Crippen LogP contribution in [0.25, 0.3) is 0 Å². The van der Waals surface area contributed by atoms with Crippen molar-refractivity contribution in [3.05, 3.63) is 47.5 Å². The molecule has 3 atom stereocenters. The molecule has 0 spiro atoms. The number of rotatable bonds is 7. The number of fused-ring (bicyclic) bond motifs is 1. The van der Waals surface area contributed by atoms with Crippen LogP contribution in [0.15, 0.2) is 36.4 Å². The number of imide groups is 1. The highest BCUT2D eigenvalue weighted by Gasteiger charge is 2.51. The van der Waals surface area contributed by atoms with Gasteiger partial charge < -0.3 is 4.74 Å². The average Bonchev–Trinajstić information content (AvgIpc) is 2.95. The van der Waals surface area contributed by atoms with E-state index in [1.807, 2.05) is 45.1 Å². The molecule has 1 aliphatic heterocycles. The van der Waals surface area contributed by atoms with Gasteiger partial charge in [-0.1, -0.05) is 55.8 Å². The molecule has 1 aliphatic carbocycles. The van der Waals surface area contributed by atoms with Crippen molar-refractivity contribution in [3.63, 3.8) is 0 Å². The lowest BCUT2D eigenvalue weighted by atomic mass is 9.85. The van der Waals surface area contributed by atoms with Crippen LogP contribution in [-0.2, 0) is 19.1 Å². The molecular weight excluding hydrogens is 370 g/mol. The number of nitrogens with zero attached hydrogens (tertiary/aromatic N) is 1. The first-order chi connectivity index (χ1) is 13.8. The predicted octanol–water partition coefficient (Wildman–Crippen LogP) is 3.09. The third-order valence-electron chi connectivity index (χ3n) is 5.54. The molecule has 0 unspecified atom stereocenters. The summed E-state index contributed by atoms with van der Waals surface area (Å²) in [5.74, 6) is -2.37. The molecule has 29 heavy (non-hydrogen) atoms. The zero-order valence-electron chi connectivity index (χ0n) is 17.1. The van der Waals surface area contributed by atoms with Crippen LogP contribution in [-0.4, -0.2) is 41.1 Å². The number of Topliss-reactive ketones (excluding diaryl/α,β-unsaturated/α-hetero) is 1. The van der Waals surface area contributed by atoms with Gasteiger partial charge in [-0.15, -0.1) is 0 Å². The summed E-state index contributed by atoms with van der Waals surface area (Å²) in [5.41, 5.74) is 1.48. The smallest absolute Gasteiger partial charge is 0.329 e. The van der Waals surface area contributed by atoms with Gasteiger partial charge in [0, 0.05) is 5.56 Å². The Labute approximate surface area is 170 Å². The Morgan fingerprint density at radius 3 is 2.10 bits per heavy atom. The largest absolute Gasteiger partial charge is 0.456 e. The highest BCUT2D eigenvalue weighted by molar-refractivity contribution is 6.08. The van der Waals surface area contributed by atoms with Crippen LogP contribution in [0.5, 0.6) is 0 Å². The molecule has 2 amide bonds. The minimum Gasteiger partial charge on any atom is -0.456 e. The molecule has 1 aromatic rings. The minimum absolute atomic E-state index is 0.0710. The highest BCUT2D eigenvalue weighted by atomic mass is 16.5. The number of carbonyl (C=O) groups is 4. The number of carbonyl (C=O) groups excluding carboxylic acids is 4. The SMILES string of the molecule is Cc1ccc(C(=O)COC(=O)[C@H](CC(C)C)N2C(=O)[C@@H]3CC=CC[C@H]3C2=O)cc1. The number of likely N-dealkylation sites (tertiary alicyclic amines) is 1. The number of hydrogen-bond acceptors (Lipinski definition) is 5. The van der Waals surface area contributed by atoms with E-state index in [-0.39, 0.29) is 23.5 Å². The number of amides is 2. The summed E-state index contributed by atoms with van der Waals surface area (Å²) in [5, 5.41) is 0. The van der Waals surface area contributed by atoms with E-state index in [9.17, 15) is 19.2 Å². The Morgan fingerprint density at radius 2 is 1.59 bits per heavy atom. The predicted molar refractivity (Wildman–Crippen MR) is 107 cm³/mol. The summed E-state index contributed by atoms with van der Waals surface area (Å²) in [6.45, 7) is 5.33. The molecule has 2 aliphatic rings. The molecule has 3 rings (SSSR count). The van der Waals surface area contributed by atoms with Crippen LogP contribution in [0.3, 0.4) is 0 Å². The van der Waals surface area contributed by atoms with Gasteiger partial charge in [-0.3, -0.25) is 19.3 Å². The normalized spacial score (nSPS) is 22.0. The number of esters is 1. The molecule has 154 valence electrons. The van der Waals surface area contributed by atoms with Crippen molar-refractivity contribution in [2.75, 3.05) is 6.61 Å². The van der Waals surface area contributed by atoms with Gasteiger partial charge in [0.05, 0.1) is 11.8 Å². The maximum Gasteiger partial charge on any atom is 0.329 e. The van der Waals surface area contributed by atoms with E-state index in [0.29, 0.717) is 24.8 Å². The fourth-order valence-corrected chi connectivity index (χ4v) is 3.94. The van der Waals surface area contributed by atoms with Crippen LogP contribution < -0.4 is 0 Å². The number of hydrogen-bond donors (Lipinski definition) is 0. The summed E-state index contributed by atoms with van der Waals surface area (Å²) in [6.07, 6.45) is 5.15. The van der Waals surface area contributed by atoms with E-state index in [2.05, 4.69) is 0 Å². The topological polar surface area (TPSA) is 80.8 Å². The maximum atomic E-state index is 12.9. The zero-order valence-corrected chi connectivity index (χ0v) is 17.1. The number of benzene rings is 1. The molecule has 6 nitrogen and oxygen atoms in total. The van der Waals surface area contributed by atoms with E-state index < -0.39 is 30.5 Å². The maximum absolute atomic E-state index is 12.9. The van der Waals surface area contributed by atoms with E-state index in [4.69, 9.17) is 4.74 Å². The van der Waals surface area contributed by atoms with Gasteiger partial charge >= 0.3 is 5.97 Å². The molecule has 1 heterocycles. The van der Waals surface area contributed by atoms with Crippen molar-refractivity contribution in [3.8, 4) is 0 Å². The molecule has 1 fully saturated rings. The Hall–Kier alpha value is -2.76. The first kappa shape index (κ1) is 21.0. The van der Waals surface area contributed by atoms with Crippen molar-refractivity contribution in [1.29, 1.82) is 0 Å². The van der Waals surface area contributed by atoms with Crippen LogP contribution >= 0.6 is 0 Å². The Kier molecular flexibility index (Phi) is 6.30. The molecule has 0 aromatic heterocycles. The summed E-state index contributed by atoms with van der Waals surface area (Å²) >= 11 is 0. The molecule has 0 saturated carbocycles. The van der Waals surface area contributed by atoms with Gasteiger partial charge in [0.25, 0.3) is 0 Å². The Bertz CT molecular complexity index is 813. The summed E-state index contributed by atoms with van der Waals surface area (Å²) < 4.78 is 5.26. The van der Waals surface area contributed by atoms with Crippen LogP contribution in [0.2, 0.25) is 0 Å². The third kappa shape index (κ3) is 4.47. The lowest BCUT2D eigenvalue weighted by Gasteiger charge is -2.26. The van der Waals surface area contributed by atoms with Crippen molar-refractivity contribution < 1.29 is 23.9 Å². The van der Waals surface area contributed by atoms with E-state index in [1.165, 1.54) is 0 Å². The van der Waals surface area contributed by atoms with Gasteiger partial charge in [0.2, 0.25) is 11.8 Å². The van der Waals surface area contributed by atoms with Gasteiger partial charge in [-0.25, -0.2) is 4.79 Å². The first-order valence-electron chi connectivity index (χ1n) is 10.1. The summed E-state index contributed by atoms with van der Waals surface area (Å²) in [7, 11) is 0. The molecule has 6 heteroatoms. The Balaban J connectivity index is 1.72. The van der Waals surface area contributed by atoms with E-state index >= 15 is 0 Å². The second-order valence-corrected chi connectivity index (χ2v) is 8.24. The Morgan fingerprint density at radius 1 is 1.03 bits per heavy atom. The standard InChI is InChI=1S/C23H27NO5/c1-14(2)12-19(24-21(26)17-6-4-5-7-18(17)22(24)27)23(28)29-13-20(25)16-10-8-15(3)9-11-16/h4-5,8-11,14,17-19H,6-7,12-13H2,1-3H3/t17-,18-,19+/m1/s1. The van der Waals surface area contributed by atoms with Crippen LogP contribution in [0, 0.1) is 24.7 Å². The minimum atomic E-state index is -0.994. The molecule has 0 radical (unpaired) electrons. The van der Waals surface area contributed by atoms with Crippen molar-refractivity contribution in [2.45, 2.75) is 46.1 Å². The van der Waals surface area contributed by atoms with Crippen molar-refractivity contribution in [2.24, 2.45) is 17.8 Å². The lowest BCUT2D eigenvalue weighted by Crippen LogP contribution is -2.47. The van der Waals surface area contributed by atoms with Crippen LogP contribution in [0.1, 0.15) is 49.0 Å². The monoisotopic (exact) mass is 397 g/mol. The van der Waals surface area contributed by atoms with E-state index in [0.717, 1.165) is 10.5 Å². The van der Waals surface area contributed by atoms with E-state index in [1.54, 1.807) is 12.1 Å². The van der Waals surface area contributed by atoms with Gasteiger partial charge in [0.15, 0.2) is 12.4 Å². The van der Waals surface area contributed by atoms with Gasteiger partial charge in [-0.2, -0.15) is 0 Å². The number of ketones is 1. The third-order valence-corrected chi connectivity index (χ3v) is 5.54. The fraction of sp³-hybridized carbons (Fsp3) is 0.478. The molecular formula is C23H27NO5. The lowest BCUT2D eigenvalue weighted by molar-refractivity contribution is -0.158. The first-order valence-corrected chi connectivity index (χ1v) is 10.1. The number of allylic oxidation sites excluding steroid dienone is 2. The molecule has 1 aromatic carbocycles. The second kappa shape index (κ2) is 8.72. The second-order valence-electron chi connectivity index (χ2n) is 8.24.